The van der Waals surface area contributed by atoms with Crippen LogP contribution < -0.4 is 0 Å². The molecule has 0 spiro atoms. The van der Waals surface area contributed by atoms with E-state index in [1.807, 2.05) is 6.92 Å². The Labute approximate surface area is 124 Å². The lowest BCUT2D eigenvalue weighted by Crippen LogP contribution is -2.04. The van der Waals surface area contributed by atoms with Gasteiger partial charge in [0, 0.05) is 12.7 Å². The fourth-order valence-corrected chi connectivity index (χ4v) is 2.75. The second kappa shape index (κ2) is 5.95. The number of aryl methyl sites for hydroxylation is 1. The van der Waals surface area contributed by atoms with Gasteiger partial charge in [-0.2, -0.15) is 0 Å². The lowest BCUT2D eigenvalue weighted by atomic mass is 9.98. The largest absolute Gasteiger partial charge is 0.388 e. The maximum absolute atomic E-state index is 13.2. The Hall–Kier alpha value is -1.72. The van der Waals surface area contributed by atoms with Crippen LogP contribution in [0.1, 0.15) is 22.8 Å². The summed E-state index contributed by atoms with van der Waals surface area (Å²) in [6.45, 7) is 1.86. The van der Waals surface area contributed by atoms with E-state index < -0.39 is 15.9 Å². The van der Waals surface area contributed by atoms with Crippen molar-refractivity contribution in [3.05, 3.63) is 65.0 Å². The summed E-state index contributed by atoms with van der Waals surface area (Å²) in [6.07, 6.45) is 0.607. The monoisotopic (exact) mass is 308 g/mol. The molecule has 0 aliphatic carbocycles. The van der Waals surface area contributed by atoms with Crippen molar-refractivity contribution < 1.29 is 17.9 Å². The van der Waals surface area contributed by atoms with Gasteiger partial charge in [-0.3, -0.25) is 0 Å². The molecular weight excluding hydrogens is 291 g/mol. The first kappa shape index (κ1) is 15.7. The van der Waals surface area contributed by atoms with Crippen molar-refractivity contribution >= 4 is 9.84 Å². The smallest absolute Gasteiger partial charge is 0.175 e. The van der Waals surface area contributed by atoms with Crippen LogP contribution in [0, 0.1) is 12.7 Å². The second-order valence-electron chi connectivity index (χ2n) is 5.13. The van der Waals surface area contributed by atoms with Crippen LogP contribution in [0.3, 0.4) is 0 Å². The highest BCUT2D eigenvalue weighted by atomic mass is 32.2. The second-order valence-corrected chi connectivity index (χ2v) is 7.15. The fraction of sp³-hybridized carbons (Fsp3) is 0.250. The lowest BCUT2D eigenvalue weighted by Gasteiger charge is -2.13. The van der Waals surface area contributed by atoms with Crippen LogP contribution in [0.15, 0.2) is 47.4 Å². The number of aliphatic hydroxyl groups excluding tert-OH is 1. The van der Waals surface area contributed by atoms with E-state index in [1.165, 1.54) is 24.3 Å². The molecule has 2 aromatic carbocycles. The van der Waals surface area contributed by atoms with Gasteiger partial charge in [0.05, 0.1) is 11.0 Å². The molecule has 0 aliphatic rings. The van der Waals surface area contributed by atoms with Crippen molar-refractivity contribution in [1.82, 2.24) is 0 Å². The standard InChI is InChI=1S/C16H17FO3S/c1-11-3-6-14(17)9-13(11)10-16(18)12-4-7-15(8-5-12)21(2,19)20/h3-9,16,18H,10H2,1-2H3. The minimum Gasteiger partial charge on any atom is -0.388 e. The summed E-state index contributed by atoms with van der Waals surface area (Å²) in [4.78, 5) is 0.209. The van der Waals surface area contributed by atoms with Gasteiger partial charge >= 0.3 is 0 Å². The van der Waals surface area contributed by atoms with Crippen LogP contribution in [-0.2, 0) is 16.3 Å². The van der Waals surface area contributed by atoms with Crippen LogP contribution in [-0.4, -0.2) is 19.8 Å². The quantitative estimate of drug-likeness (QED) is 0.945. The number of benzene rings is 2. The summed E-state index contributed by atoms with van der Waals surface area (Å²) >= 11 is 0. The first-order chi connectivity index (χ1) is 9.77. The maximum Gasteiger partial charge on any atom is 0.175 e. The molecule has 0 bridgehead atoms. The van der Waals surface area contributed by atoms with Crippen molar-refractivity contribution in [1.29, 1.82) is 0 Å². The van der Waals surface area contributed by atoms with Crippen molar-refractivity contribution in [2.45, 2.75) is 24.3 Å². The van der Waals surface area contributed by atoms with Gasteiger partial charge in [0.1, 0.15) is 5.82 Å². The molecule has 0 radical (unpaired) electrons. The van der Waals surface area contributed by atoms with E-state index in [1.54, 1.807) is 18.2 Å². The molecule has 1 unspecified atom stereocenters. The van der Waals surface area contributed by atoms with Crippen LogP contribution in [0.5, 0.6) is 0 Å². The number of rotatable bonds is 4. The maximum atomic E-state index is 13.2. The summed E-state index contributed by atoms with van der Waals surface area (Å²) in [5.74, 6) is -0.338. The highest BCUT2D eigenvalue weighted by Crippen LogP contribution is 2.22. The highest BCUT2D eigenvalue weighted by molar-refractivity contribution is 7.90. The van der Waals surface area contributed by atoms with Gasteiger partial charge in [-0.1, -0.05) is 18.2 Å². The van der Waals surface area contributed by atoms with E-state index in [4.69, 9.17) is 0 Å². The molecule has 5 heteroatoms. The highest BCUT2D eigenvalue weighted by Gasteiger charge is 2.13. The number of halogens is 1. The average Bonchev–Trinajstić information content (AvgIpc) is 2.42. The van der Waals surface area contributed by atoms with E-state index in [9.17, 15) is 17.9 Å². The minimum atomic E-state index is -3.25. The van der Waals surface area contributed by atoms with Crippen molar-refractivity contribution in [2.24, 2.45) is 0 Å². The Morgan fingerprint density at radius 3 is 2.33 bits per heavy atom. The molecular formula is C16H17FO3S. The summed E-state index contributed by atoms with van der Waals surface area (Å²) in [5.41, 5.74) is 2.24. The van der Waals surface area contributed by atoms with Gasteiger partial charge < -0.3 is 5.11 Å². The van der Waals surface area contributed by atoms with Crippen molar-refractivity contribution in [3.63, 3.8) is 0 Å². The minimum absolute atomic E-state index is 0.209. The lowest BCUT2D eigenvalue weighted by molar-refractivity contribution is 0.178. The van der Waals surface area contributed by atoms with Crippen LogP contribution >= 0.6 is 0 Å². The predicted molar refractivity (Wildman–Crippen MR) is 79.4 cm³/mol. The molecule has 1 N–H and O–H groups in total. The van der Waals surface area contributed by atoms with Gasteiger partial charge in [0.15, 0.2) is 9.84 Å². The number of aliphatic hydroxyl groups is 1. The third kappa shape index (κ3) is 3.89. The summed E-state index contributed by atoms with van der Waals surface area (Å²) < 4.78 is 36.0. The molecule has 2 rings (SSSR count). The summed E-state index contributed by atoms with van der Waals surface area (Å²) in [6, 6.07) is 10.5. The summed E-state index contributed by atoms with van der Waals surface area (Å²) in [7, 11) is -3.25. The first-order valence-corrected chi connectivity index (χ1v) is 8.39. The molecule has 3 nitrogen and oxygen atoms in total. The average molecular weight is 308 g/mol. The van der Waals surface area contributed by atoms with Crippen molar-refractivity contribution in [3.8, 4) is 0 Å². The van der Waals surface area contributed by atoms with Crippen LogP contribution in [0.2, 0.25) is 0 Å². The third-order valence-corrected chi connectivity index (χ3v) is 4.55. The first-order valence-electron chi connectivity index (χ1n) is 6.50. The number of hydrogen-bond acceptors (Lipinski definition) is 3. The van der Waals surface area contributed by atoms with Gasteiger partial charge in [-0.25, -0.2) is 12.8 Å². The Balaban J connectivity index is 2.20. The van der Waals surface area contributed by atoms with E-state index in [-0.39, 0.29) is 17.1 Å². The van der Waals surface area contributed by atoms with E-state index in [2.05, 4.69) is 0 Å². The molecule has 0 aliphatic heterocycles. The Morgan fingerprint density at radius 2 is 1.76 bits per heavy atom. The molecule has 0 heterocycles. The number of sulfone groups is 1. The van der Waals surface area contributed by atoms with E-state index in [0.29, 0.717) is 5.56 Å². The van der Waals surface area contributed by atoms with Crippen LogP contribution in [0.25, 0.3) is 0 Å². The Morgan fingerprint density at radius 1 is 1.14 bits per heavy atom. The molecule has 0 saturated heterocycles. The SMILES string of the molecule is Cc1ccc(F)cc1CC(O)c1ccc(S(C)(=O)=O)cc1. The third-order valence-electron chi connectivity index (χ3n) is 3.42. The van der Waals surface area contributed by atoms with Crippen molar-refractivity contribution in [2.75, 3.05) is 6.26 Å². The van der Waals surface area contributed by atoms with Gasteiger partial charge in [0.2, 0.25) is 0 Å². The van der Waals surface area contributed by atoms with Gasteiger partial charge in [0.25, 0.3) is 0 Å². The zero-order chi connectivity index (χ0) is 15.6. The van der Waals surface area contributed by atoms with E-state index >= 15 is 0 Å². The molecule has 0 aromatic heterocycles. The summed E-state index contributed by atoms with van der Waals surface area (Å²) in [5, 5.41) is 10.2. The molecule has 21 heavy (non-hydrogen) atoms. The van der Waals surface area contributed by atoms with Gasteiger partial charge in [-0.15, -0.1) is 0 Å². The normalized spacial score (nSPS) is 13.1. The van der Waals surface area contributed by atoms with E-state index in [0.717, 1.165) is 17.4 Å². The molecule has 0 amide bonds. The Kier molecular flexibility index (Phi) is 4.44. The zero-order valence-electron chi connectivity index (χ0n) is 11.9. The number of hydrogen-bond donors (Lipinski definition) is 1. The predicted octanol–water partition coefficient (Wildman–Crippen LogP) is 2.81. The molecule has 0 fully saturated rings. The molecule has 0 saturated carbocycles. The Bertz CT molecular complexity index is 737. The zero-order valence-corrected chi connectivity index (χ0v) is 12.7. The topological polar surface area (TPSA) is 54.4 Å². The molecule has 112 valence electrons. The molecule has 1 atom stereocenters. The fourth-order valence-electron chi connectivity index (χ4n) is 2.12. The molecule has 2 aromatic rings. The van der Waals surface area contributed by atoms with Gasteiger partial charge in [-0.05, 0) is 47.9 Å². The van der Waals surface area contributed by atoms with Crippen LogP contribution in [0.4, 0.5) is 4.39 Å².